The van der Waals surface area contributed by atoms with E-state index in [1.54, 1.807) is 12.1 Å². The Morgan fingerprint density at radius 1 is 1.24 bits per heavy atom. The molecular weight excluding hydrogens is 241 g/mol. The molecule has 1 rings (SSSR count). The van der Waals surface area contributed by atoms with Gasteiger partial charge in [-0.25, -0.2) is 4.31 Å². The van der Waals surface area contributed by atoms with Crippen molar-refractivity contribution in [3.8, 4) is 0 Å². The zero-order valence-electron chi connectivity index (χ0n) is 9.57. The van der Waals surface area contributed by atoms with Gasteiger partial charge in [0.05, 0.1) is 5.69 Å². The summed E-state index contributed by atoms with van der Waals surface area (Å²) in [7, 11) is -3.85. The minimum Gasteiger partial charge on any atom is -0.423 e. The van der Waals surface area contributed by atoms with Crippen LogP contribution in [0, 0.1) is 0 Å². The van der Waals surface area contributed by atoms with Gasteiger partial charge in [-0.05, 0) is 24.0 Å². The number of rotatable bonds is 6. The third-order valence-corrected chi connectivity index (χ3v) is 3.13. The van der Waals surface area contributed by atoms with Gasteiger partial charge in [-0.15, -0.1) is 0 Å². The predicted molar refractivity (Wildman–Crippen MR) is 67.4 cm³/mol. The Hall–Kier alpha value is -1.18. The van der Waals surface area contributed by atoms with E-state index < -0.39 is 18.0 Å². The fourth-order valence-electron chi connectivity index (χ4n) is 1.40. The summed E-state index contributed by atoms with van der Waals surface area (Å²) >= 11 is 0. The van der Waals surface area contributed by atoms with Gasteiger partial charge in [0.1, 0.15) is 0 Å². The molecular formula is C10H15BNO4S. The van der Waals surface area contributed by atoms with Gasteiger partial charge in [0.25, 0.3) is 10.9 Å². The van der Waals surface area contributed by atoms with E-state index in [2.05, 4.69) is 0 Å². The van der Waals surface area contributed by atoms with E-state index in [0.29, 0.717) is 17.7 Å². The van der Waals surface area contributed by atoms with Crippen LogP contribution < -0.4 is 9.77 Å². The summed E-state index contributed by atoms with van der Waals surface area (Å²) in [6.07, 6.45) is 1.68. The first kappa shape index (κ1) is 13.9. The van der Waals surface area contributed by atoms with Gasteiger partial charge < -0.3 is 10.0 Å². The van der Waals surface area contributed by atoms with Crippen LogP contribution in [-0.4, -0.2) is 32.1 Å². The molecule has 1 radical (unpaired) electrons. The van der Waals surface area contributed by atoms with Crippen molar-refractivity contribution in [2.75, 3.05) is 10.8 Å². The Balaban J connectivity index is 2.87. The lowest BCUT2D eigenvalue weighted by atomic mass is 9.80. The largest absolute Gasteiger partial charge is 0.488 e. The smallest absolute Gasteiger partial charge is 0.423 e. The molecule has 0 amide bonds. The van der Waals surface area contributed by atoms with Crippen LogP contribution in [-0.2, 0) is 10.9 Å². The van der Waals surface area contributed by atoms with Crippen molar-refractivity contribution in [3.63, 3.8) is 0 Å². The standard InChI is InChI=1S/C10H15BNO4S/c1-2-3-8-12(17(15)16)10-6-4-9(5-7-10)11(13)14/h4-7,13-14H,2-3,8H2,1H3. The van der Waals surface area contributed by atoms with Crippen LogP contribution in [0.4, 0.5) is 5.69 Å². The van der Waals surface area contributed by atoms with E-state index in [1.165, 1.54) is 16.4 Å². The fourth-order valence-corrected chi connectivity index (χ4v) is 1.98. The lowest BCUT2D eigenvalue weighted by Crippen LogP contribution is -2.30. The summed E-state index contributed by atoms with van der Waals surface area (Å²) in [4.78, 5) is 0. The van der Waals surface area contributed by atoms with E-state index in [9.17, 15) is 8.42 Å². The Morgan fingerprint density at radius 2 is 1.82 bits per heavy atom. The SMILES string of the molecule is CCCCN(c1ccc(B(O)O)cc1)[S](=O)=O. The Kier molecular flexibility index (Phi) is 5.34. The van der Waals surface area contributed by atoms with Crippen LogP contribution in [0.1, 0.15) is 19.8 Å². The van der Waals surface area contributed by atoms with Gasteiger partial charge in [0.15, 0.2) is 0 Å². The fraction of sp³-hybridized carbons (Fsp3) is 0.400. The lowest BCUT2D eigenvalue weighted by Gasteiger charge is -2.15. The highest BCUT2D eigenvalue weighted by atomic mass is 32.2. The zero-order valence-corrected chi connectivity index (χ0v) is 10.4. The Bertz CT molecular complexity index is 411. The molecule has 0 saturated heterocycles. The molecule has 1 aromatic carbocycles. The summed E-state index contributed by atoms with van der Waals surface area (Å²) < 4.78 is 23.4. The van der Waals surface area contributed by atoms with Gasteiger partial charge in [0, 0.05) is 6.54 Å². The maximum Gasteiger partial charge on any atom is 0.488 e. The predicted octanol–water partition coefficient (Wildman–Crippen LogP) is -0.233. The maximum atomic E-state index is 11.1. The lowest BCUT2D eigenvalue weighted by molar-refractivity contribution is 0.426. The molecule has 0 unspecified atom stereocenters. The van der Waals surface area contributed by atoms with Gasteiger partial charge in [-0.1, -0.05) is 25.5 Å². The van der Waals surface area contributed by atoms with Crippen LogP contribution in [0.15, 0.2) is 24.3 Å². The Morgan fingerprint density at radius 3 is 2.24 bits per heavy atom. The van der Waals surface area contributed by atoms with E-state index in [1.807, 2.05) is 6.92 Å². The highest BCUT2D eigenvalue weighted by molar-refractivity contribution is 7.74. The van der Waals surface area contributed by atoms with Crippen LogP contribution in [0.5, 0.6) is 0 Å². The topological polar surface area (TPSA) is 77.8 Å². The van der Waals surface area contributed by atoms with Crippen molar-refractivity contribution >= 4 is 29.2 Å². The molecule has 1 aromatic rings. The van der Waals surface area contributed by atoms with Crippen LogP contribution in [0.2, 0.25) is 0 Å². The molecule has 0 spiro atoms. The zero-order chi connectivity index (χ0) is 12.8. The second-order valence-electron chi connectivity index (χ2n) is 3.64. The molecule has 0 aliphatic carbocycles. The van der Waals surface area contributed by atoms with Crippen LogP contribution in [0.3, 0.4) is 0 Å². The first-order valence-corrected chi connectivity index (χ1v) is 6.42. The molecule has 17 heavy (non-hydrogen) atoms. The summed E-state index contributed by atoms with van der Waals surface area (Å²) in [5, 5.41) is 17.8. The first-order chi connectivity index (χ1) is 8.06. The molecule has 5 nitrogen and oxygen atoms in total. The van der Waals surface area contributed by atoms with Gasteiger partial charge in [-0.2, -0.15) is 8.42 Å². The second-order valence-corrected chi connectivity index (χ2v) is 4.51. The number of hydrogen-bond acceptors (Lipinski definition) is 4. The van der Waals surface area contributed by atoms with Crippen molar-refractivity contribution in [2.24, 2.45) is 0 Å². The highest BCUT2D eigenvalue weighted by Gasteiger charge is 2.13. The van der Waals surface area contributed by atoms with Crippen LogP contribution in [0.25, 0.3) is 0 Å². The van der Waals surface area contributed by atoms with Gasteiger partial charge in [0.2, 0.25) is 0 Å². The van der Waals surface area contributed by atoms with E-state index in [0.717, 1.165) is 12.8 Å². The minimum atomic E-state index is -2.31. The van der Waals surface area contributed by atoms with E-state index in [-0.39, 0.29) is 0 Å². The average molecular weight is 256 g/mol. The van der Waals surface area contributed by atoms with E-state index in [4.69, 9.17) is 10.0 Å². The van der Waals surface area contributed by atoms with Gasteiger partial charge >= 0.3 is 7.12 Å². The van der Waals surface area contributed by atoms with Crippen molar-refractivity contribution in [1.82, 2.24) is 0 Å². The average Bonchev–Trinajstić information content (AvgIpc) is 2.29. The Labute approximate surface area is 103 Å². The third-order valence-electron chi connectivity index (χ3n) is 2.37. The van der Waals surface area contributed by atoms with Crippen molar-refractivity contribution in [2.45, 2.75) is 19.8 Å². The van der Waals surface area contributed by atoms with Crippen LogP contribution >= 0.6 is 0 Å². The van der Waals surface area contributed by atoms with Gasteiger partial charge in [-0.3, -0.25) is 0 Å². The molecule has 0 aliphatic rings. The molecule has 93 valence electrons. The van der Waals surface area contributed by atoms with Crippen molar-refractivity contribution in [3.05, 3.63) is 24.3 Å². The summed E-state index contributed by atoms with van der Waals surface area (Å²) in [5.41, 5.74) is 0.858. The number of anilines is 1. The molecule has 0 heterocycles. The number of benzene rings is 1. The third kappa shape index (κ3) is 3.96. The molecule has 0 fully saturated rings. The molecule has 7 heteroatoms. The molecule has 0 aromatic heterocycles. The first-order valence-electron chi connectivity index (χ1n) is 5.39. The minimum absolute atomic E-state index is 0.334. The monoisotopic (exact) mass is 256 g/mol. The molecule has 2 N–H and O–H groups in total. The quantitative estimate of drug-likeness (QED) is 0.689. The number of hydrogen-bond donors (Lipinski definition) is 2. The number of unbranched alkanes of at least 4 members (excludes halogenated alkanes) is 1. The van der Waals surface area contributed by atoms with Crippen molar-refractivity contribution < 1.29 is 18.5 Å². The summed E-state index contributed by atoms with van der Waals surface area (Å²) in [6, 6.07) is 6.10. The molecule has 0 aliphatic heterocycles. The van der Waals surface area contributed by atoms with E-state index >= 15 is 0 Å². The van der Waals surface area contributed by atoms with Crippen molar-refractivity contribution in [1.29, 1.82) is 0 Å². The number of nitrogens with zero attached hydrogens (tertiary/aromatic N) is 1. The molecule has 0 atom stereocenters. The summed E-state index contributed by atoms with van der Waals surface area (Å²) in [5.74, 6) is 0. The normalized spacial score (nSPS) is 10.1. The summed E-state index contributed by atoms with van der Waals surface area (Å²) in [6.45, 7) is 2.41. The second kappa shape index (κ2) is 6.53. The highest BCUT2D eigenvalue weighted by Crippen LogP contribution is 2.13. The molecule has 0 bridgehead atoms. The maximum absolute atomic E-state index is 11.1. The molecule has 0 saturated carbocycles.